The molecule has 1 aromatic carbocycles. The Balaban J connectivity index is 1.33. The molecular weight excluding hydrogens is 374 g/mol. The normalized spacial score (nSPS) is 34.8. The van der Waals surface area contributed by atoms with Crippen LogP contribution in [0.15, 0.2) is 24.3 Å². The van der Waals surface area contributed by atoms with Crippen LogP contribution in [0.5, 0.6) is 0 Å². The van der Waals surface area contributed by atoms with E-state index >= 15 is 0 Å². The van der Waals surface area contributed by atoms with Crippen molar-refractivity contribution in [2.24, 2.45) is 29.6 Å². The van der Waals surface area contributed by atoms with E-state index in [4.69, 9.17) is 0 Å². The van der Waals surface area contributed by atoms with Crippen molar-refractivity contribution in [2.75, 3.05) is 0 Å². The standard InChI is InChI=1S/C28H40F2/c1-3-4-5-6-22-15-16-26(28(30)27(22)29)21-11-9-20(10-12-21)24-14-13-23-17-19(2)7-8-25(23)18-24/h3-4,15-16,19-21,23-25H,5-14,17-18H2,1-2H3/b4-3+. The molecule has 0 heterocycles. The number of hydrogen-bond acceptors (Lipinski definition) is 0. The molecule has 0 N–H and O–H groups in total. The molecule has 4 rings (SSSR count). The average Bonchev–Trinajstić information content (AvgIpc) is 2.77. The number of fused-ring (bicyclic) bond motifs is 1. The summed E-state index contributed by atoms with van der Waals surface area (Å²) in [6.45, 7) is 4.39. The molecular formula is C28H40F2. The van der Waals surface area contributed by atoms with Crippen LogP contribution in [0.4, 0.5) is 8.78 Å². The van der Waals surface area contributed by atoms with Crippen molar-refractivity contribution in [1.29, 1.82) is 0 Å². The van der Waals surface area contributed by atoms with E-state index in [1.54, 1.807) is 0 Å². The van der Waals surface area contributed by atoms with Gasteiger partial charge in [-0.3, -0.25) is 0 Å². The molecule has 4 unspecified atom stereocenters. The highest BCUT2D eigenvalue weighted by molar-refractivity contribution is 5.29. The molecule has 3 aliphatic rings. The SMILES string of the molecule is C/C=C/CCc1ccc(C2CCC(C3CCC4CC(C)CCC4C3)CC2)c(F)c1F. The van der Waals surface area contributed by atoms with Gasteiger partial charge in [-0.25, -0.2) is 8.78 Å². The molecule has 0 saturated heterocycles. The number of hydrogen-bond donors (Lipinski definition) is 0. The monoisotopic (exact) mass is 414 g/mol. The minimum Gasteiger partial charge on any atom is -0.203 e. The average molecular weight is 415 g/mol. The van der Waals surface area contributed by atoms with Gasteiger partial charge in [-0.2, -0.15) is 0 Å². The second-order valence-corrected chi connectivity index (χ2v) is 10.7. The number of rotatable bonds is 5. The van der Waals surface area contributed by atoms with Gasteiger partial charge in [0.15, 0.2) is 11.6 Å². The molecule has 2 heteroatoms. The van der Waals surface area contributed by atoms with Crippen LogP contribution >= 0.6 is 0 Å². The van der Waals surface area contributed by atoms with Gasteiger partial charge in [-0.1, -0.05) is 37.6 Å². The molecule has 0 bridgehead atoms. The van der Waals surface area contributed by atoms with E-state index in [9.17, 15) is 8.78 Å². The van der Waals surface area contributed by atoms with Gasteiger partial charge in [-0.05, 0) is 124 Å². The molecule has 3 saturated carbocycles. The summed E-state index contributed by atoms with van der Waals surface area (Å²) in [7, 11) is 0. The fourth-order valence-corrected chi connectivity index (χ4v) is 7.01. The van der Waals surface area contributed by atoms with Crippen LogP contribution in [0.3, 0.4) is 0 Å². The van der Waals surface area contributed by atoms with Gasteiger partial charge in [0.05, 0.1) is 0 Å². The number of halogens is 2. The lowest BCUT2D eigenvalue weighted by Gasteiger charge is -2.45. The van der Waals surface area contributed by atoms with Crippen LogP contribution in [0.1, 0.15) is 102 Å². The molecule has 0 aliphatic heterocycles. The third-order valence-corrected chi connectivity index (χ3v) is 8.80. The third-order valence-electron chi connectivity index (χ3n) is 8.80. The zero-order chi connectivity index (χ0) is 21.1. The molecule has 1 aromatic rings. The first-order valence-corrected chi connectivity index (χ1v) is 12.6. The van der Waals surface area contributed by atoms with Crippen molar-refractivity contribution >= 4 is 0 Å². The van der Waals surface area contributed by atoms with Gasteiger partial charge in [0.25, 0.3) is 0 Å². The first kappa shape index (κ1) is 22.0. The molecule has 0 spiro atoms. The van der Waals surface area contributed by atoms with E-state index in [0.717, 1.165) is 48.9 Å². The Bertz CT molecular complexity index is 728. The number of benzene rings is 1. The molecule has 0 amide bonds. The second kappa shape index (κ2) is 9.96. The van der Waals surface area contributed by atoms with E-state index in [1.165, 1.54) is 51.4 Å². The Morgan fingerprint density at radius 2 is 1.43 bits per heavy atom. The maximum absolute atomic E-state index is 14.8. The van der Waals surface area contributed by atoms with Gasteiger partial charge < -0.3 is 0 Å². The number of allylic oxidation sites excluding steroid dienone is 2. The highest BCUT2D eigenvalue weighted by Gasteiger charge is 2.38. The van der Waals surface area contributed by atoms with E-state index in [0.29, 0.717) is 17.5 Å². The highest BCUT2D eigenvalue weighted by atomic mass is 19.2. The van der Waals surface area contributed by atoms with E-state index in [2.05, 4.69) is 6.92 Å². The zero-order valence-corrected chi connectivity index (χ0v) is 19.0. The fraction of sp³-hybridized carbons (Fsp3) is 0.714. The Kier molecular flexibility index (Phi) is 7.32. The molecule has 0 aromatic heterocycles. The Hall–Kier alpha value is -1.18. The molecule has 3 aliphatic carbocycles. The Labute approximate surface area is 182 Å². The predicted octanol–water partition coefficient (Wildman–Crippen LogP) is 8.60. The molecule has 3 fully saturated rings. The lowest BCUT2D eigenvalue weighted by molar-refractivity contribution is 0.0671. The molecule has 166 valence electrons. The summed E-state index contributed by atoms with van der Waals surface area (Å²) in [6.07, 6.45) is 18.4. The highest BCUT2D eigenvalue weighted by Crippen LogP contribution is 2.50. The Morgan fingerprint density at radius 3 is 2.17 bits per heavy atom. The third kappa shape index (κ3) is 4.83. The quantitative estimate of drug-likeness (QED) is 0.423. The number of aryl methyl sites for hydroxylation is 1. The van der Waals surface area contributed by atoms with E-state index in [1.807, 2.05) is 31.2 Å². The van der Waals surface area contributed by atoms with Crippen LogP contribution in [-0.2, 0) is 6.42 Å². The lowest BCUT2D eigenvalue weighted by Crippen LogP contribution is -2.34. The lowest BCUT2D eigenvalue weighted by atomic mass is 9.61. The van der Waals surface area contributed by atoms with Crippen LogP contribution in [0, 0.1) is 41.2 Å². The van der Waals surface area contributed by atoms with Gasteiger partial charge in [-0.15, -0.1) is 0 Å². The summed E-state index contributed by atoms with van der Waals surface area (Å²) in [5.41, 5.74) is 1.15. The first-order valence-electron chi connectivity index (χ1n) is 12.6. The Morgan fingerprint density at radius 1 is 0.800 bits per heavy atom. The summed E-state index contributed by atoms with van der Waals surface area (Å²) in [5.74, 6) is 3.61. The summed E-state index contributed by atoms with van der Waals surface area (Å²) in [6, 6.07) is 3.71. The minimum atomic E-state index is -0.607. The zero-order valence-electron chi connectivity index (χ0n) is 19.0. The van der Waals surface area contributed by atoms with Crippen LogP contribution in [0.25, 0.3) is 0 Å². The van der Waals surface area contributed by atoms with Crippen molar-refractivity contribution in [2.45, 2.75) is 96.8 Å². The maximum Gasteiger partial charge on any atom is 0.162 e. The maximum atomic E-state index is 14.8. The molecule has 0 radical (unpaired) electrons. The van der Waals surface area contributed by atoms with Crippen molar-refractivity contribution in [3.05, 3.63) is 47.0 Å². The van der Waals surface area contributed by atoms with E-state index < -0.39 is 11.6 Å². The van der Waals surface area contributed by atoms with Crippen LogP contribution in [-0.4, -0.2) is 0 Å². The van der Waals surface area contributed by atoms with Crippen LogP contribution < -0.4 is 0 Å². The van der Waals surface area contributed by atoms with Gasteiger partial charge >= 0.3 is 0 Å². The summed E-state index contributed by atoms with van der Waals surface area (Å²) in [5, 5.41) is 0. The summed E-state index contributed by atoms with van der Waals surface area (Å²) >= 11 is 0. The largest absolute Gasteiger partial charge is 0.203 e. The molecule has 30 heavy (non-hydrogen) atoms. The van der Waals surface area contributed by atoms with Gasteiger partial charge in [0.2, 0.25) is 0 Å². The molecule has 4 atom stereocenters. The van der Waals surface area contributed by atoms with Gasteiger partial charge in [0.1, 0.15) is 0 Å². The minimum absolute atomic E-state index is 0.201. The fourth-order valence-electron chi connectivity index (χ4n) is 7.01. The summed E-state index contributed by atoms with van der Waals surface area (Å²) in [4.78, 5) is 0. The topological polar surface area (TPSA) is 0 Å². The first-order chi connectivity index (χ1) is 14.6. The van der Waals surface area contributed by atoms with E-state index in [-0.39, 0.29) is 5.92 Å². The van der Waals surface area contributed by atoms with Crippen molar-refractivity contribution in [1.82, 2.24) is 0 Å². The second-order valence-electron chi connectivity index (χ2n) is 10.7. The van der Waals surface area contributed by atoms with Crippen molar-refractivity contribution < 1.29 is 8.78 Å². The van der Waals surface area contributed by atoms with Crippen molar-refractivity contribution in [3.8, 4) is 0 Å². The van der Waals surface area contributed by atoms with Gasteiger partial charge in [0, 0.05) is 0 Å². The smallest absolute Gasteiger partial charge is 0.162 e. The van der Waals surface area contributed by atoms with Crippen LogP contribution in [0.2, 0.25) is 0 Å². The molecule has 0 nitrogen and oxygen atoms in total. The van der Waals surface area contributed by atoms with Crippen molar-refractivity contribution in [3.63, 3.8) is 0 Å². The predicted molar refractivity (Wildman–Crippen MR) is 122 cm³/mol. The summed E-state index contributed by atoms with van der Waals surface area (Å²) < 4.78 is 29.4.